The van der Waals surface area contributed by atoms with Gasteiger partial charge in [-0.1, -0.05) is 42.5 Å². The zero-order chi connectivity index (χ0) is 18.9. The van der Waals surface area contributed by atoms with E-state index in [9.17, 15) is 9.50 Å². The van der Waals surface area contributed by atoms with Crippen LogP contribution in [0.2, 0.25) is 0 Å². The van der Waals surface area contributed by atoms with E-state index < -0.39 is 6.10 Å². The molecule has 0 radical (unpaired) electrons. The van der Waals surface area contributed by atoms with Gasteiger partial charge in [0.15, 0.2) is 0 Å². The monoisotopic (exact) mass is 369 g/mol. The van der Waals surface area contributed by atoms with Crippen LogP contribution >= 0.6 is 0 Å². The van der Waals surface area contributed by atoms with Gasteiger partial charge in [0, 0.05) is 13.1 Å². The third kappa shape index (κ3) is 6.64. The minimum absolute atomic E-state index is 0.243. The molecule has 0 unspecified atom stereocenters. The van der Waals surface area contributed by atoms with E-state index in [1.807, 2.05) is 42.5 Å². The van der Waals surface area contributed by atoms with Gasteiger partial charge >= 0.3 is 0 Å². The zero-order valence-corrected chi connectivity index (χ0v) is 15.1. The topological polar surface area (TPSA) is 45.8 Å². The number of nitrogens with zero attached hydrogens (tertiary/aromatic N) is 1. The van der Waals surface area contributed by atoms with Gasteiger partial charge in [0.1, 0.15) is 11.6 Å². The summed E-state index contributed by atoms with van der Waals surface area (Å²) < 4.78 is 24.2. The van der Waals surface area contributed by atoms with Gasteiger partial charge in [-0.15, -0.1) is 0 Å². The second kappa shape index (κ2) is 10.0. The molecule has 142 valence electrons. The van der Waals surface area contributed by atoms with E-state index >= 15 is 0 Å². The molecule has 0 aliphatic heterocycles. The van der Waals surface area contributed by atoms with Crippen molar-refractivity contribution in [2.75, 3.05) is 13.2 Å². The number of rotatable bonds is 10. The van der Waals surface area contributed by atoms with E-state index in [1.54, 1.807) is 18.4 Å². The van der Waals surface area contributed by atoms with Gasteiger partial charge in [-0.05, 0) is 35.4 Å². The highest BCUT2D eigenvalue weighted by Gasteiger charge is 2.15. The largest absolute Gasteiger partial charge is 0.468 e. The summed E-state index contributed by atoms with van der Waals surface area (Å²) in [4.78, 5) is 2.06. The summed E-state index contributed by atoms with van der Waals surface area (Å²) in [6.45, 7) is 2.27. The number of halogens is 1. The van der Waals surface area contributed by atoms with Gasteiger partial charge < -0.3 is 14.3 Å². The van der Waals surface area contributed by atoms with Crippen LogP contribution in [0.3, 0.4) is 0 Å². The van der Waals surface area contributed by atoms with Crippen LogP contribution < -0.4 is 0 Å². The van der Waals surface area contributed by atoms with E-state index in [0.717, 1.165) is 16.9 Å². The normalized spacial score (nSPS) is 12.4. The molecule has 2 aromatic carbocycles. The number of hydrogen-bond acceptors (Lipinski definition) is 4. The molecule has 0 bridgehead atoms. The van der Waals surface area contributed by atoms with Crippen LogP contribution in [0.5, 0.6) is 0 Å². The first-order chi connectivity index (χ1) is 13.2. The second-order valence-electron chi connectivity index (χ2n) is 6.53. The van der Waals surface area contributed by atoms with Crippen molar-refractivity contribution in [3.63, 3.8) is 0 Å². The molecule has 4 nitrogen and oxygen atoms in total. The molecule has 1 atom stereocenters. The molecule has 3 rings (SSSR count). The van der Waals surface area contributed by atoms with E-state index in [-0.39, 0.29) is 12.4 Å². The molecule has 5 heteroatoms. The highest BCUT2D eigenvalue weighted by Crippen LogP contribution is 2.12. The standard InChI is InChI=1S/C22H24FNO3/c23-20-10-8-18(9-11-20)13-24(15-22-7-4-12-27-22)14-21(25)17-26-16-19-5-2-1-3-6-19/h1-12,21,25H,13-17H2/t21-/m1/s1. The lowest BCUT2D eigenvalue weighted by Gasteiger charge is -2.24. The molecule has 0 amide bonds. The fraction of sp³-hybridized carbons (Fsp3) is 0.273. The van der Waals surface area contributed by atoms with Crippen LogP contribution in [0.4, 0.5) is 4.39 Å². The van der Waals surface area contributed by atoms with Crippen molar-refractivity contribution < 1.29 is 18.7 Å². The van der Waals surface area contributed by atoms with Crippen LogP contribution in [-0.2, 0) is 24.4 Å². The summed E-state index contributed by atoms with van der Waals surface area (Å²) in [6, 6.07) is 20.0. The average molecular weight is 369 g/mol. The van der Waals surface area contributed by atoms with Crippen LogP contribution in [0.15, 0.2) is 77.4 Å². The van der Waals surface area contributed by atoms with Gasteiger partial charge in [-0.3, -0.25) is 4.90 Å². The predicted molar refractivity (Wildman–Crippen MR) is 101 cm³/mol. The molecule has 0 saturated heterocycles. The third-order valence-electron chi connectivity index (χ3n) is 4.17. The summed E-state index contributed by atoms with van der Waals surface area (Å²) >= 11 is 0. The van der Waals surface area contributed by atoms with Gasteiger partial charge in [0.25, 0.3) is 0 Å². The molecule has 3 aromatic rings. The Balaban J connectivity index is 1.53. The van der Waals surface area contributed by atoms with Crippen LogP contribution in [0.1, 0.15) is 16.9 Å². The second-order valence-corrected chi connectivity index (χ2v) is 6.53. The molecular weight excluding hydrogens is 345 g/mol. The molecule has 0 aliphatic rings. The quantitative estimate of drug-likeness (QED) is 0.587. The number of furan rings is 1. The number of hydrogen-bond donors (Lipinski definition) is 1. The molecule has 27 heavy (non-hydrogen) atoms. The van der Waals surface area contributed by atoms with Crippen molar-refractivity contribution in [3.05, 3.63) is 95.7 Å². The molecule has 1 N–H and O–H groups in total. The number of aliphatic hydroxyl groups is 1. The fourth-order valence-electron chi connectivity index (χ4n) is 2.89. The van der Waals surface area contributed by atoms with Crippen molar-refractivity contribution in [1.82, 2.24) is 4.90 Å². The lowest BCUT2D eigenvalue weighted by molar-refractivity contribution is 0.00613. The Hall–Kier alpha value is -2.47. The maximum atomic E-state index is 13.1. The Kier molecular flexibility index (Phi) is 7.16. The van der Waals surface area contributed by atoms with Crippen molar-refractivity contribution in [1.29, 1.82) is 0 Å². The molecular formula is C22H24FNO3. The SMILES string of the molecule is O[C@@H](COCc1ccccc1)CN(Cc1ccc(F)cc1)Cc1ccco1. The van der Waals surface area contributed by atoms with Crippen molar-refractivity contribution in [2.24, 2.45) is 0 Å². The van der Waals surface area contributed by atoms with Crippen molar-refractivity contribution >= 4 is 0 Å². The Morgan fingerprint density at radius 3 is 2.41 bits per heavy atom. The zero-order valence-electron chi connectivity index (χ0n) is 15.1. The smallest absolute Gasteiger partial charge is 0.123 e. The Bertz CT molecular complexity index is 775. The highest BCUT2D eigenvalue weighted by atomic mass is 19.1. The lowest BCUT2D eigenvalue weighted by atomic mass is 10.2. The molecule has 0 saturated carbocycles. The van der Waals surface area contributed by atoms with E-state index in [4.69, 9.17) is 9.15 Å². The predicted octanol–water partition coefficient (Wildman–Crippen LogP) is 4.00. The summed E-state index contributed by atoms with van der Waals surface area (Å²) in [5.41, 5.74) is 2.05. The Labute approximate surface area is 158 Å². The van der Waals surface area contributed by atoms with Gasteiger partial charge in [0.05, 0.1) is 32.1 Å². The summed E-state index contributed by atoms with van der Waals surface area (Å²) in [5.74, 6) is 0.556. The first-order valence-corrected chi connectivity index (χ1v) is 8.98. The van der Waals surface area contributed by atoms with E-state index in [1.165, 1.54) is 12.1 Å². The maximum absolute atomic E-state index is 13.1. The summed E-state index contributed by atoms with van der Waals surface area (Å²) in [5, 5.41) is 10.4. The van der Waals surface area contributed by atoms with Crippen LogP contribution in [-0.4, -0.2) is 29.3 Å². The van der Waals surface area contributed by atoms with Gasteiger partial charge in [-0.2, -0.15) is 0 Å². The Morgan fingerprint density at radius 1 is 0.926 bits per heavy atom. The van der Waals surface area contributed by atoms with Crippen LogP contribution in [0, 0.1) is 5.82 Å². The van der Waals surface area contributed by atoms with Crippen molar-refractivity contribution in [3.8, 4) is 0 Å². The first-order valence-electron chi connectivity index (χ1n) is 8.98. The number of benzene rings is 2. The van der Waals surface area contributed by atoms with Crippen LogP contribution in [0.25, 0.3) is 0 Å². The molecule has 0 fully saturated rings. The highest BCUT2D eigenvalue weighted by molar-refractivity contribution is 5.16. The molecule has 0 spiro atoms. The van der Waals surface area contributed by atoms with E-state index in [2.05, 4.69) is 4.90 Å². The lowest BCUT2D eigenvalue weighted by Crippen LogP contribution is -2.34. The minimum atomic E-state index is -0.635. The van der Waals surface area contributed by atoms with Gasteiger partial charge in [0.2, 0.25) is 0 Å². The number of ether oxygens (including phenoxy) is 1. The Morgan fingerprint density at radius 2 is 1.70 bits per heavy atom. The maximum Gasteiger partial charge on any atom is 0.123 e. The first kappa shape index (κ1) is 19.3. The average Bonchev–Trinajstić information content (AvgIpc) is 3.17. The molecule has 1 aromatic heterocycles. The number of aliphatic hydroxyl groups excluding tert-OH is 1. The van der Waals surface area contributed by atoms with E-state index in [0.29, 0.717) is 26.2 Å². The van der Waals surface area contributed by atoms with Gasteiger partial charge in [-0.25, -0.2) is 4.39 Å². The summed E-state index contributed by atoms with van der Waals surface area (Å²) in [7, 11) is 0. The molecule has 0 aliphatic carbocycles. The molecule has 1 heterocycles. The third-order valence-corrected chi connectivity index (χ3v) is 4.17. The minimum Gasteiger partial charge on any atom is -0.468 e. The van der Waals surface area contributed by atoms with Crippen molar-refractivity contribution in [2.45, 2.75) is 25.8 Å². The summed E-state index contributed by atoms with van der Waals surface area (Å²) in [6.07, 6.45) is 0.995. The fourth-order valence-corrected chi connectivity index (χ4v) is 2.89.